The molecule has 0 saturated carbocycles. The predicted molar refractivity (Wildman–Crippen MR) is 66.2 cm³/mol. The Hall–Kier alpha value is -0.910. The molecule has 2 N–H and O–H groups in total. The van der Waals surface area contributed by atoms with Crippen LogP contribution in [0.3, 0.4) is 0 Å². The average Bonchev–Trinajstić information content (AvgIpc) is 2.64. The second-order valence-corrected chi connectivity index (χ2v) is 4.77. The first-order valence-corrected chi connectivity index (χ1v) is 6.13. The molecular formula is C9H8Cl2N4S. The van der Waals surface area contributed by atoms with Crippen molar-refractivity contribution in [3.05, 3.63) is 40.1 Å². The van der Waals surface area contributed by atoms with Gasteiger partial charge in [0.05, 0.1) is 0 Å². The van der Waals surface area contributed by atoms with Gasteiger partial charge in [0.2, 0.25) is 5.16 Å². The van der Waals surface area contributed by atoms with Crippen LogP contribution < -0.4 is 5.84 Å². The predicted octanol–water partition coefficient (Wildman–Crippen LogP) is 2.59. The molecule has 1 aromatic heterocycles. The molecule has 0 amide bonds. The highest BCUT2D eigenvalue weighted by Gasteiger charge is 2.08. The molecule has 7 heteroatoms. The number of hydrogen-bond acceptors (Lipinski definition) is 4. The fraction of sp³-hybridized carbons (Fsp3) is 0.111. The van der Waals surface area contributed by atoms with Gasteiger partial charge in [-0.05, 0) is 17.7 Å². The van der Waals surface area contributed by atoms with Gasteiger partial charge in [0.15, 0.2) is 0 Å². The maximum Gasteiger partial charge on any atom is 0.209 e. The van der Waals surface area contributed by atoms with Crippen molar-refractivity contribution >= 4 is 35.0 Å². The van der Waals surface area contributed by atoms with E-state index in [2.05, 4.69) is 10.2 Å². The summed E-state index contributed by atoms with van der Waals surface area (Å²) >= 11 is 13.5. The second-order valence-electron chi connectivity index (χ2n) is 3.01. The number of aromatic nitrogens is 3. The molecular weight excluding hydrogens is 267 g/mol. The molecule has 84 valence electrons. The van der Waals surface area contributed by atoms with Gasteiger partial charge >= 0.3 is 0 Å². The van der Waals surface area contributed by atoms with Crippen LogP contribution in [0.15, 0.2) is 29.7 Å². The highest BCUT2D eigenvalue weighted by Crippen LogP contribution is 2.30. The third-order valence-electron chi connectivity index (χ3n) is 1.95. The van der Waals surface area contributed by atoms with Crippen LogP contribution in [-0.2, 0) is 5.75 Å². The number of nitrogens with zero attached hydrogens (tertiary/aromatic N) is 3. The van der Waals surface area contributed by atoms with E-state index in [4.69, 9.17) is 29.0 Å². The summed E-state index contributed by atoms with van der Waals surface area (Å²) in [6.45, 7) is 0. The van der Waals surface area contributed by atoms with Gasteiger partial charge in [0.25, 0.3) is 0 Å². The minimum Gasteiger partial charge on any atom is -0.336 e. The SMILES string of the molecule is Nn1cnnc1SCc1c(Cl)cccc1Cl. The lowest BCUT2D eigenvalue weighted by Gasteiger charge is -2.05. The summed E-state index contributed by atoms with van der Waals surface area (Å²) in [5.74, 6) is 6.19. The zero-order valence-electron chi connectivity index (χ0n) is 8.10. The molecule has 4 nitrogen and oxygen atoms in total. The van der Waals surface area contributed by atoms with E-state index in [-0.39, 0.29) is 0 Å². The molecule has 0 fully saturated rings. The molecule has 0 aliphatic rings. The van der Waals surface area contributed by atoms with E-state index in [1.54, 1.807) is 12.1 Å². The second kappa shape index (κ2) is 4.95. The van der Waals surface area contributed by atoms with E-state index < -0.39 is 0 Å². The summed E-state index contributed by atoms with van der Waals surface area (Å²) < 4.78 is 1.36. The molecule has 0 atom stereocenters. The third-order valence-corrected chi connectivity index (χ3v) is 3.64. The highest BCUT2D eigenvalue weighted by molar-refractivity contribution is 7.98. The number of nitrogens with two attached hydrogens (primary N) is 1. The first-order valence-electron chi connectivity index (χ1n) is 4.39. The Bertz CT molecular complexity index is 480. The molecule has 1 aromatic carbocycles. The fourth-order valence-corrected chi connectivity index (χ4v) is 2.72. The molecule has 16 heavy (non-hydrogen) atoms. The normalized spacial score (nSPS) is 10.6. The molecule has 0 bridgehead atoms. The molecule has 1 heterocycles. The van der Waals surface area contributed by atoms with Crippen molar-refractivity contribution in [1.29, 1.82) is 0 Å². The molecule has 2 aromatic rings. The summed E-state index contributed by atoms with van der Waals surface area (Å²) in [6.07, 6.45) is 1.44. The summed E-state index contributed by atoms with van der Waals surface area (Å²) in [4.78, 5) is 0. The lowest BCUT2D eigenvalue weighted by Crippen LogP contribution is -2.07. The van der Waals surface area contributed by atoms with E-state index >= 15 is 0 Å². The van der Waals surface area contributed by atoms with Gasteiger partial charge in [-0.3, -0.25) is 0 Å². The summed E-state index contributed by atoms with van der Waals surface area (Å²) in [5, 5.41) is 9.44. The number of nitrogen functional groups attached to an aromatic ring is 1. The van der Waals surface area contributed by atoms with Crippen molar-refractivity contribution in [2.45, 2.75) is 10.9 Å². The number of benzene rings is 1. The standard InChI is InChI=1S/C9H8Cl2N4S/c10-7-2-1-3-8(11)6(7)4-16-9-14-13-5-15(9)12/h1-3,5H,4,12H2. The van der Waals surface area contributed by atoms with Crippen LogP contribution in [0.25, 0.3) is 0 Å². The van der Waals surface area contributed by atoms with Crippen molar-refractivity contribution in [3.63, 3.8) is 0 Å². The van der Waals surface area contributed by atoms with E-state index in [1.165, 1.54) is 22.8 Å². The Morgan fingerprint density at radius 2 is 2.00 bits per heavy atom. The Kier molecular flexibility index (Phi) is 3.58. The number of hydrogen-bond donors (Lipinski definition) is 1. The van der Waals surface area contributed by atoms with Gasteiger partial charge in [-0.15, -0.1) is 10.2 Å². The van der Waals surface area contributed by atoms with Gasteiger partial charge < -0.3 is 5.84 Å². The van der Waals surface area contributed by atoms with E-state index in [9.17, 15) is 0 Å². The average molecular weight is 275 g/mol. The van der Waals surface area contributed by atoms with E-state index in [0.717, 1.165) is 5.56 Å². The van der Waals surface area contributed by atoms with Crippen molar-refractivity contribution < 1.29 is 0 Å². The number of thioether (sulfide) groups is 1. The van der Waals surface area contributed by atoms with Crippen LogP contribution in [0.5, 0.6) is 0 Å². The van der Waals surface area contributed by atoms with Gasteiger partial charge in [-0.2, -0.15) is 0 Å². The fourth-order valence-electron chi connectivity index (χ4n) is 1.14. The maximum absolute atomic E-state index is 6.04. The number of halogens is 2. The smallest absolute Gasteiger partial charge is 0.209 e. The first-order chi connectivity index (χ1) is 7.68. The topological polar surface area (TPSA) is 56.7 Å². The van der Waals surface area contributed by atoms with Crippen LogP contribution in [-0.4, -0.2) is 14.9 Å². The Morgan fingerprint density at radius 3 is 2.56 bits per heavy atom. The Balaban J connectivity index is 2.14. The molecule has 2 rings (SSSR count). The molecule has 0 aliphatic heterocycles. The molecule has 0 aliphatic carbocycles. The maximum atomic E-state index is 6.04. The molecule has 0 radical (unpaired) electrons. The first kappa shape index (κ1) is 11.6. The van der Waals surface area contributed by atoms with Crippen LogP contribution in [0.2, 0.25) is 10.0 Å². The van der Waals surface area contributed by atoms with Crippen molar-refractivity contribution in [3.8, 4) is 0 Å². The molecule has 0 unspecified atom stereocenters. The van der Waals surface area contributed by atoms with Gasteiger partial charge in [0, 0.05) is 15.8 Å². The lowest BCUT2D eigenvalue weighted by molar-refractivity contribution is 0.846. The van der Waals surface area contributed by atoms with Crippen LogP contribution in [0.1, 0.15) is 5.56 Å². The van der Waals surface area contributed by atoms with Gasteiger partial charge in [0.1, 0.15) is 6.33 Å². The Labute approximate surface area is 107 Å². The quantitative estimate of drug-likeness (QED) is 0.691. The van der Waals surface area contributed by atoms with E-state index in [0.29, 0.717) is 21.0 Å². The largest absolute Gasteiger partial charge is 0.336 e. The third kappa shape index (κ3) is 2.42. The Morgan fingerprint density at radius 1 is 1.31 bits per heavy atom. The van der Waals surface area contributed by atoms with Gasteiger partial charge in [-0.1, -0.05) is 41.0 Å². The lowest BCUT2D eigenvalue weighted by atomic mass is 10.2. The summed E-state index contributed by atoms with van der Waals surface area (Å²) in [5.41, 5.74) is 0.874. The van der Waals surface area contributed by atoms with Crippen LogP contribution in [0, 0.1) is 0 Å². The van der Waals surface area contributed by atoms with E-state index in [1.807, 2.05) is 6.07 Å². The van der Waals surface area contributed by atoms with Gasteiger partial charge in [-0.25, -0.2) is 4.68 Å². The summed E-state index contributed by atoms with van der Waals surface area (Å²) in [7, 11) is 0. The summed E-state index contributed by atoms with van der Waals surface area (Å²) in [6, 6.07) is 5.41. The highest BCUT2D eigenvalue weighted by atomic mass is 35.5. The van der Waals surface area contributed by atoms with Crippen LogP contribution >= 0.6 is 35.0 Å². The van der Waals surface area contributed by atoms with Crippen LogP contribution in [0.4, 0.5) is 0 Å². The van der Waals surface area contributed by atoms with Crippen molar-refractivity contribution in [1.82, 2.24) is 14.9 Å². The minimum atomic E-state index is 0.606. The van der Waals surface area contributed by atoms with Crippen molar-refractivity contribution in [2.75, 3.05) is 5.84 Å². The number of rotatable bonds is 3. The monoisotopic (exact) mass is 274 g/mol. The molecule has 0 saturated heterocycles. The van der Waals surface area contributed by atoms with Crippen molar-refractivity contribution in [2.24, 2.45) is 0 Å². The zero-order chi connectivity index (χ0) is 11.5. The minimum absolute atomic E-state index is 0.606. The zero-order valence-corrected chi connectivity index (χ0v) is 10.4. The molecule has 0 spiro atoms.